The molecule has 1 aromatic carbocycles. The normalized spacial score (nSPS) is 10.9. The Labute approximate surface area is 163 Å². The van der Waals surface area contributed by atoms with Crippen LogP contribution in [0.5, 0.6) is 5.75 Å². The Hall–Kier alpha value is -3.13. The highest BCUT2D eigenvalue weighted by molar-refractivity contribution is 9.10. The van der Waals surface area contributed by atoms with Crippen LogP contribution >= 0.6 is 15.9 Å². The zero-order valence-corrected chi connectivity index (χ0v) is 15.7. The van der Waals surface area contributed by atoms with E-state index in [-0.39, 0.29) is 24.8 Å². The molecule has 1 amide bonds. The average molecular weight is 427 g/mol. The predicted octanol–water partition coefficient (Wildman–Crippen LogP) is 3.59. The third-order valence-corrected chi connectivity index (χ3v) is 4.40. The van der Waals surface area contributed by atoms with Crippen LogP contribution in [0.25, 0.3) is 5.65 Å². The van der Waals surface area contributed by atoms with E-state index in [0.717, 1.165) is 15.9 Å². The summed E-state index contributed by atoms with van der Waals surface area (Å²) in [5.74, 6) is 1.83. The van der Waals surface area contributed by atoms with Crippen molar-refractivity contribution in [3.63, 3.8) is 0 Å². The summed E-state index contributed by atoms with van der Waals surface area (Å²) in [7, 11) is 0. The molecule has 0 bridgehead atoms. The van der Waals surface area contributed by atoms with Gasteiger partial charge < -0.3 is 14.5 Å². The van der Waals surface area contributed by atoms with Gasteiger partial charge in [-0.05, 0) is 48.5 Å². The quantitative estimate of drug-likeness (QED) is 0.509. The first-order valence-electron chi connectivity index (χ1n) is 8.23. The lowest BCUT2D eigenvalue weighted by Crippen LogP contribution is -2.23. The van der Waals surface area contributed by atoms with E-state index in [1.807, 2.05) is 53.1 Å². The highest BCUT2D eigenvalue weighted by Gasteiger charge is 2.13. The first-order chi connectivity index (χ1) is 13.2. The first kappa shape index (κ1) is 17.3. The number of carbonyl (C=O) groups excluding carboxylic acids is 1. The van der Waals surface area contributed by atoms with Gasteiger partial charge >= 0.3 is 0 Å². The van der Waals surface area contributed by atoms with E-state index < -0.39 is 0 Å². The van der Waals surface area contributed by atoms with Gasteiger partial charge in [-0.25, -0.2) is 0 Å². The third-order valence-electron chi connectivity index (χ3n) is 3.87. The summed E-state index contributed by atoms with van der Waals surface area (Å²) in [5.41, 5.74) is 0.729. The molecular weight excluding hydrogens is 412 g/mol. The molecule has 27 heavy (non-hydrogen) atoms. The number of pyridine rings is 1. The summed E-state index contributed by atoms with van der Waals surface area (Å²) in [6.45, 7) is 0.485. The van der Waals surface area contributed by atoms with Crippen LogP contribution in [-0.2, 0) is 13.2 Å². The van der Waals surface area contributed by atoms with Crippen molar-refractivity contribution in [1.82, 2.24) is 19.9 Å². The largest absolute Gasteiger partial charge is 0.486 e. The van der Waals surface area contributed by atoms with Crippen molar-refractivity contribution in [2.24, 2.45) is 0 Å². The van der Waals surface area contributed by atoms with Gasteiger partial charge in [0.25, 0.3) is 5.91 Å². The number of amides is 1. The van der Waals surface area contributed by atoms with Crippen molar-refractivity contribution in [2.45, 2.75) is 13.2 Å². The second-order valence-electron chi connectivity index (χ2n) is 5.74. The van der Waals surface area contributed by atoms with Crippen LogP contribution < -0.4 is 10.1 Å². The first-order valence-corrected chi connectivity index (χ1v) is 9.02. The number of benzene rings is 1. The lowest BCUT2D eigenvalue weighted by molar-refractivity contribution is 0.0918. The SMILES string of the molecule is O=C(NCc1nnc2ccccn12)c1ccc(COc2ccc(Br)cc2)o1. The number of fused-ring (bicyclic) bond motifs is 1. The predicted molar refractivity (Wildman–Crippen MR) is 101 cm³/mol. The fraction of sp³-hybridized carbons (Fsp3) is 0.105. The number of ether oxygens (including phenoxy) is 1. The molecule has 8 heteroatoms. The van der Waals surface area contributed by atoms with Gasteiger partial charge in [0.2, 0.25) is 0 Å². The van der Waals surface area contributed by atoms with Crippen LogP contribution in [0.1, 0.15) is 22.1 Å². The molecule has 1 N–H and O–H groups in total. The third kappa shape index (κ3) is 4.01. The molecule has 3 aromatic heterocycles. The Morgan fingerprint density at radius 2 is 1.96 bits per heavy atom. The number of nitrogens with one attached hydrogen (secondary N) is 1. The van der Waals surface area contributed by atoms with Crippen molar-refractivity contribution < 1.29 is 13.9 Å². The number of furan rings is 1. The lowest BCUT2D eigenvalue weighted by Gasteiger charge is -2.04. The highest BCUT2D eigenvalue weighted by atomic mass is 79.9. The summed E-state index contributed by atoms with van der Waals surface area (Å²) in [6, 6.07) is 16.4. The van der Waals surface area contributed by atoms with Gasteiger partial charge in [-0.3, -0.25) is 9.20 Å². The molecule has 0 saturated heterocycles. The van der Waals surface area contributed by atoms with E-state index in [1.165, 1.54) is 0 Å². The van der Waals surface area contributed by atoms with Gasteiger partial charge in [0.15, 0.2) is 17.2 Å². The number of hydrogen-bond donors (Lipinski definition) is 1. The molecule has 4 rings (SSSR count). The van der Waals surface area contributed by atoms with Crippen LogP contribution in [0.3, 0.4) is 0 Å². The van der Waals surface area contributed by atoms with Crippen molar-refractivity contribution >= 4 is 27.5 Å². The van der Waals surface area contributed by atoms with Gasteiger partial charge in [0, 0.05) is 10.7 Å². The van der Waals surface area contributed by atoms with Crippen molar-refractivity contribution in [3.05, 3.63) is 82.6 Å². The molecule has 0 saturated carbocycles. The molecule has 0 fully saturated rings. The van der Waals surface area contributed by atoms with Gasteiger partial charge in [0.05, 0.1) is 6.54 Å². The number of hydrogen-bond acceptors (Lipinski definition) is 5. The van der Waals surface area contributed by atoms with E-state index in [4.69, 9.17) is 9.15 Å². The summed E-state index contributed by atoms with van der Waals surface area (Å²) in [4.78, 5) is 12.3. The minimum Gasteiger partial charge on any atom is -0.486 e. The van der Waals surface area contributed by atoms with E-state index in [2.05, 4.69) is 31.4 Å². The molecule has 0 aliphatic rings. The van der Waals surface area contributed by atoms with Gasteiger partial charge in [0.1, 0.15) is 18.1 Å². The maximum Gasteiger partial charge on any atom is 0.287 e. The van der Waals surface area contributed by atoms with E-state index >= 15 is 0 Å². The topological polar surface area (TPSA) is 81.7 Å². The number of aromatic nitrogens is 3. The minimum absolute atomic E-state index is 0.221. The van der Waals surface area contributed by atoms with Gasteiger partial charge in [-0.15, -0.1) is 10.2 Å². The lowest BCUT2D eigenvalue weighted by atomic mass is 10.3. The minimum atomic E-state index is -0.322. The zero-order valence-electron chi connectivity index (χ0n) is 14.1. The summed E-state index contributed by atoms with van der Waals surface area (Å²) in [5, 5.41) is 10.9. The molecule has 0 aliphatic heterocycles. The highest BCUT2D eigenvalue weighted by Crippen LogP contribution is 2.18. The van der Waals surface area contributed by atoms with Crippen LogP contribution in [-0.4, -0.2) is 20.5 Å². The molecule has 0 atom stereocenters. The summed E-state index contributed by atoms with van der Waals surface area (Å²) >= 11 is 3.37. The molecule has 0 unspecified atom stereocenters. The summed E-state index contributed by atoms with van der Waals surface area (Å²) in [6.07, 6.45) is 1.85. The Morgan fingerprint density at radius 1 is 1.11 bits per heavy atom. The van der Waals surface area contributed by atoms with Crippen LogP contribution in [0.4, 0.5) is 0 Å². The molecule has 0 aliphatic carbocycles. The van der Waals surface area contributed by atoms with E-state index in [0.29, 0.717) is 11.6 Å². The fourth-order valence-corrected chi connectivity index (χ4v) is 2.79. The Balaban J connectivity index is 1.35. The standard InChI is InChI=1S/C19H15BrN4O3/c20-13-4-6-14(7-5-13)26-12-15-8-9-16(27-15)19(25)21-11-18-23-22-17-3-1-2-10-24(17)18/h1-10H,11-12H2,(H,21,25). The number of carbonyl (C=O) groups is 1. The van der Waals surface area contributed by atoms with Crippen LogP contribution in [0, 0.1) is 0 Å². The second-order valence-corrected chi connectivity index (χ2v) is 6.65. The van der Waals surface area contributed by atoms with Crippen molar-refractivity contribution in [1.29, 1.82) is 0 Å². The molecule has 4 aromatic rings. The summed E-state index contributed by atoms with van der Waals surface area (Å²) < 4.78 is 14.0. The molecular formula is C19H15BrN4O3. The zero-order chi connectivity index (χ0) is 18.6. The molecule has 136 valence electrons. The van der Waals surface area contributed by atoms with Crippen LogP contribution in [0.2, 0.25) is 0 Å². The van der Waals surface area contributed by atoms with E-state index in [1.54, 1.807) is 12.1 Å². The Morgan fingerprint density at radius 3 is 2.81 bits per heavy atom. The molecule has 7 nitrogen and oxygen atoms in total. The maximum absolute atomic E-state index is 12.3. The Bertz CT molecular complexity index is 1070. The van der Waals surface area contributed by atoms with Crippen molar-refractivity contribution in [2.75, 3.05) is 0 Å². The second kappa shape index (κ2) is 7.63. The van der Waals surface area contributed by atoms with Gasteiger partial charge in [-0.2, -0.15) is 0 Å². The Kier molecular flexibility index (Phi) is 4.88. The average Bonchev–Trinajstić information content (AvgIpc) is 3.33. The van der Waals surface area contributed by atoms with Gasteiger partial charge in [-0.1, -0.05) is 22.0 Å². The monoisotopic (exact) mass is 426 g/mol. The smallest absolute Gasteiger partial charge is 0.287 e. The maximum atomic E-state index is 12.3. The van der Waals surface area contributed by atoms with E-state index in [9.17, 15) is 4.79 Å². The molecule has 0 radical (unpaired) electrons. The molecule has 3 heterocycles. The van der Waals surface area contributed by atoms with Crippen molar-refractivity contribution in [3.8, 4) is 5.75 Å². The number of rotatable bonds is 6. The molecule has 0 spiro atoms. The fourth-order valence-electron chi connectivity index (χ4n) is 2.52. The number of nitrogens with zero attached hydrogens (tertiary/aromatic N) is 3. The van der Waals surface area contributed by atoms with Crippen LogP contribution in [0.15, 0.2) is 69.7 Å². The number of halogens is 1.